The second kappa shape index (κ2) is 5.65. The summed E-state index contributed by atoms with van der Waals surface area (Å²) in [4.78, 5) is -0.344. The molecular formula is C16H15ClFNO2S. The largest absolute Gasteiger partial charge is 0.246 e. The van der Waals surface area contributed by atoms with Crippen LogP contribution in [-0.4, -0.2) is 19.8 Å². The Labute approximate surface area is 134 Å². The van der Waals surface area contributed by atoms with Crippen LogP contribution in [0, 0.1) is 5.82 Å². The summed E-state index contributed by atoms with van der Waals surface area (Å²) in [5.41, 5.74) is 2.13. The van der Waals surface area contributed by atoms with Crippen molar-refractivity contribution in [3.05, 3.63) is 64.4 Å². The van der Waals surface area contributed by atoms with Crippen molar-refractivity contribution in [2.45, 2.75) is 23.8 Å². The summed E-state index contributed by atoms with van der Waals surface area (Å²) in [6, 6.07) is 11.1. The molecule has 22 heavy (non-hydrogen) atoms. The van der Waals surface area contributed by atoms with Gasteiger partial charge in [-0.05, 0) is 42.2 Å². The van der Waals surface area contributed by atoms with Crippen molar-refractivity contribution in [2.24, 2.45) is 0 Å². The molecule has 1 aliphatic rings. The second-order valence-electron chi connectivity index (χ2n) is 5.35. The Morgan fingerprint density at radius 2 is 1.95 bits per heavy atom. The van der Waals surface area contributed by atoms with Crippen molar-refractivity contribution in [3.63, 3.8) is 0 Å². The van der Waals surface area contributed by atoms with Gasteiger partial charge in [0.1, 0.15) is 10.7 Å². The van der Waals surface area contributed by atoms with E-state index < -0.39 is 15.8 Å². The van der Waals surface area contributed by atoms with Crippen LogP contribution in [0.4, 0.5) is 4.39 Å². The van der Waals surface area contributed by atoms with E-state index in [1.165, 1.54) is 23.5 Å². The van der Waals surface area contributed by atoms with E-state index in [0.29, 0.717) is 6.42 Å². The SMILES string of the molecule is CN(C1CCc2ccccc21)S(=O)(=O)c1ccc(Cl)cc1F. The summed E-state index contributed by atoms with van der Waals surface area (Å²) < 4.78 is 40.7. The molecule has 0 radical (unpaired) electrons. The fourth-order valence-electron chi connectivity index (χ4n) is 2.92. The van der Waals surface area contributed by atoms with Gasteiger partial charge >= 0.3 is 0 Å². The number of nitrogens with zero attached hydrogens (tertiary/aromatic N) is 1. The van der Waals surface area contributed by atoms with Gasteiger partial charge in [-0.15, -0.1) is 0 Å². The standard InChI is InChI=1S/C16H15ClFNO2S/c1-19(15-8-6-11-4-2-3-5-13(11)15)22(20,21)16-9-7-12(17)10-14(16)18/h2-5,7,9-10,15H,6,8H2,1H3. The molecule has 0 heterocycles. The number of hydrogen-bond acceptors (Lipinski definition) is 2. The molecule has 0 bridgehead atoms. The minimum absolute atomic E-state index is 0.172. The van der Waals surface area contributed by atoms with Crippen molar-refractivity contribution in [1.29, 1.82) is 0 Å². The number of sulfonamides is 1. The van der Waals surface area contributed by atoms with Crippen molar-refractivity contribution in [3.8, 4) is 0 Å². The molecule has 116 valence electrons. The summed E-state index contributed by atoms with van der Waals surface area (Å²) in [6.07, 6.45) is 1.52. The number of hydrogen-bond donors (Lipinski definition) is 0. The van der Waals surface area contributed by atoms with Gasteiger partial charge in [-0.3, -0.25) is 0 Å². The first kappa shape index (κ1) is 15.5. The zero-order valence-electron chi connectivity index (χ0n) is 12.0. The molecule has 1 atom stereocenters. The second-order valence-corrected chi connectivity index (χ2v) is 7.75. The Morgan fingerprint density at radius 3 is 2.68 bits per heavy atom. The predicted molar refractivity (Wildman–Crippen MR) is 83.9 cm³/mol. The Hall–Kier alpha value is -1.43. The van der Waals surface area contributed by atoms with Gasteiger partial charge in [-0.2, -0.15) is 4.31 Å². The van der Waals surface area contributed by atoms with Gasteiger partial charge in [0.15, 0.2) is 0 Å². The van der Waals surface area contributed by atoms with Crippen molar-refractivity contribution < 1.29 is 12.8 Å². The normalized spacial score (nSPS) is 17.7. The number of halogens is 2. The maximum atomic E-state index is 14.0. The third kappa shape index (κ3) is 2.53. The van der Waals surface area contributed by atoms with Gasteiger partial charge in [-0.25, -0.2) is 12.8 Å². The lowest BCUT2D eigenvalue weighted by Crippen LogP contribution is -2.30. The van der Waals surface area contributed by atoms with Gasteiger partial charge < -0.3 is 0 Å². The molecule has 6 heteroatoms. The van der Waals surface area contributed by atoms with Crippen LogP contribution in [0.3, 0.4) is 0 Å². The lowest BCUT2D eigenvalue weighted by Gasteiger charge is -2.25. The number of benzene rings is 2. The highest BCUT2D eigenvalue weighted by Gasteiger charge is 2.34. The molecule has 2 aromatic carbocycles. The monoisotopic (exact) mass is 339 g/mol. The van der Waals surface area contributed by atoms with Crippen LogP contribution < -0.4 is 0 Å². The molecule has 2 aromatic rings. The molecule has 0 N–H and O–H groups in total. The van der Waals surface area contributed by atoms with Crippen molar-refractivity contribution in [2.75, 3.05) is 7.05 Å². The molecule has 0 spiro atoms. The lowest BCUT2D eigenvalue weighted by atomic mass is 10.1. The maximum absolute atomic E-state index is 14.0. The first-order valence-electron chi connectivity index (χ1n) is 6.92. The molecule has 1 aliphatic carbocycles. The zero-order valence-corrected chi connectivity index (χ0v) is 13.5. The predicted octanol–water partition coefficient (Wildman–Crippen LogP) is 3.79. The van der Waals surface area contributed by atoms with E-state index in [4.69, 9.17) is 11.6 Å². The molecule has 1 unspecified atom stereocenters. The molecule has 0 amide bonds. The molecule has 3 rings (SSSR count). The Balaban J connectivity index is 2.00. The van der Waals surface area contributed by atoms with Crippen LogP contribution in [0.15, 0.2) is 47.4 Å². The summed E-state index contributed by atoms with van der Waals surface area (Å²) in [6.45, 7) is 0. The van der Waals surface area contributed by atoms with Crippen LogP contribution in [0.1, 0.15) is 23.6 Å². The summed E-state index contributed by atoms with van der Waals surface area (Å²) in [7, 11) is -2.42. The fraction of sp³-hybridized carbons (Fsp3) is 0.250. The summed E-state index contributed by atoms with van der Waals surface area (Å²) in [5, 5.41) is 0.172. The third-order valence-corrected chi connectivity index (χ3v) is 6.23. The third-order valence-electron chi connectivity index (χ3n) is 4.09. The van der Waals surface area contributed by atoms with Crippen LogP contribution in [0.5, 0.6) is 0 Å². The van der Waals surface area contributed by atoms with Gasteiger partial charge in [0.25, 0.3) is 0 Å². The van der Waals surface area contributed by atoms with E-state index in [0.717, 1.165) is 23.6 Å². The van der Waals surface area contributed by atoms with Gasteiger partial charge in [0, 0.05) is 12.1 Å². The van der Waals surface area contributed by atoms with Crippen molar-refractivity contribution >= 4 is 21.6 Å². The summed E-state index contributed by atoms with van der Waals surface area (Å²) in [5.74, 6) is -0.828. The smallest absolute Gasteiger partial charge is 0.207 e. The first-order chi connectivity index (χ1) is 10.4. The molecule has 0 saturated carbocycles. The van der Waals surface area contributed by atoms with Crippen LogP contribution in [-0.2, 0) is 16.4 Å². The van der Waals surface area contributed by atoms with Crippen LogP contribution in [0.2, 0.25) is 5.02 Å². The zero-order chi connectivity index (χ0) is 15.9. The minimum atomic E-state index is -3.91. The quantitative estimate of drug-likeness (QED) is 0.853. The molecule has 3 nitrogen and oxygen atoms in total. The average molecular weight is 340 g/mol. The van der Waals surface area contributed by atoms with E-state index in [1.54, 1.807) is 0 Å². The Morgan fingerprint density at radius 1 is 1.23 bits per heavy atom. The molecule has 0 fully saturated rings. The van der Waals surface area contributed by atoms with E-state index in [1.807, 2.05) is 24.3 Å². The Bertz CT molecular complexity index is 823. The van der Waals surface area contributed by atoms with Crippen molar-refractivity contribution in [1.82, 2.24) is 4.31 Å². The summed E-state index contributed by atoms with van der Waals surface area (Å²) >= 11 is 5.69. The minimum Gasteiger partial charge on any atom is -0.207 e. The van der Waals surface area contributed by atoms with Gasteiger partial charge in [-0.1, -0.05) is 35.9 Å². The Kier molecular flexibility index (Phi) is 3.97. The number of aryl methyl sites for hydroxylation is 1. The maximum Gasteiger partial charge on any atom is 0.246 e. The molecular weight excluding hydrogens is 325 g/mol. The van der Waals surface area contributed by atoms with Crippen LogP contribution >= 0.6 is 11.6 Å². The van der Waals surface area contributed by atoms with E-state index in [2.05, 4.69) is 0 Å². The number of fused-ring (bicyclic) bond motifs is 1. The highest BCUT2D eigenvalue weighted by atomic mass is 35.5. The van der Waals surface area contributed by atoms with E-state index in [9.17, 15) is 12.8 Å². The fourth-order valence-corrected chi connectivity index (χ4v) is 4.49. The lowest BCUT2D eigenvalue weighted by molar-refractivity contribution is 0.372. The highest BCUT2D eigenvalue weighted by molar-refractivity contribution is 7.89. The highest BCUT2D eigenvalue weighted by Crippen LogP contribution is 2.37. The van der Waals surface area contributed by atoms with E-state index in [-0.39, 0.29) is 16.0 Å². The first-order valence-corrected chi connectivity index (χ1v) is 8.74. The molecule has 0 aromatic heterocycles. The number of rotatable bonds is 3. The van der Waals surface area contributed by atoms with Gasteiger partial charge in [0.2, 0.25) is 10.0 Å². The average Bonchev–Trinajstić information content (AvgIpc) is 2.89. The molecule has 0 saturated heterocycles. The van der Waals surface area contributed by atoms with Crippen LogP contribution in [0.25, 0.3) is 0 Å². The van der Waals surface area contributed by atoms with E-state index >= 15 is 0 Å². The van der Waals surface area contributed by atoms with Gasteiger partial charge in [0.05, 0.1) is 6.04 Å². The molecule has 0 aliphatic heterocycles. The topological polar surface area (TPSA) is 37.4 Å².